The fourth-order valence-electron chi connectivity index (χ4n) is 3.71. The van der Waals surface area contributed by atoms with E-state index in [1.54, 1.807) is 45.0 Å². The molecule has 1 aromatic carbocycles. The third-order valence-corrected chi connectivity index (χ3v) is 7.87. The molecule has 1 saturated carbocycles. The van der Waals surface area contributed by atoms with Gasteiger partial charge >= 0.3 is 6.18 Å². The van der Waals surface area contributed by atoms with E-state index < -0.39 is 26.6 Å². The Labute approximate surface area is 180 Å². The number of imidazole rings is 1. The summed E-state index contributed by atoms with van der Waals surface area (Å²) in [4.78, 5) is 6.82. The normalized spacial score (nSPS) is 20.6. The van der Waals surface area contributed by atoms with Crippen LogP contribution in [-0.4, -0.2) is 36.3 Å². The zero-order chi connectivity index (χ0) is 23.0. The molecule has 172 valence electrons. The number of rotatable bonds is 5. The van der Waals surface area contributed by atoms with Gasteiger partial charge in [0.25, 0.3) is 0 Å². The number of methoxy groups -OCH3 is 1. The molecule has 2 aromatic rings. The molecule has 0 aliphatic heterocycles. The average Bonchev–Trinajstić information content (AvgIpc) is 3.13. The van der Waals surface area contributed by atoms with E-state index in [0.29, 0.717) is 31.4 Å². The Bertz CT molecular complexity index is 1020. The van der Waals surface area contributed by atoms with Crippen molar-refractivity contribution in [1.82, 2.24) is 14.7 Å². The van der Waals surface area contributed by atoms with Gasteiger partial charge in [-0.05, 0) is 58.6 Å². The van der Waals surface area contributed by atoms with Gasteiger partial charge in [0.2, 0.25) is 10.0 Å². The lowest BCUT2D eigenvalue weighted by Gasteiger charge is -2.30. The maximum atomic E-state index is 13.7. The predicted molar refractivity (Wildman–Crippen MR) is 112 cm³/mol. The summed E-state index contributed by atoms with van der Waals surface area (Å²) in [7, 11) is -2.08. The Hall–Kier alpha value is -2.07. The van der Waals surface area contributed by atoms with Gasteiger partial charge in [-0.15, -0.1) is 0 Å². The number of benzene rings is 1. The Morgan fingerprint density at radius 1 is 1.10 bits per heavy atom. The summed E-state index contributed by atoms with van der Waals surface area (Å²) >= 11 is 0. The molecular weight excluding hydrogens is 431 g/mol. The lowest BCUT2D eigenvalue weighted by atomic mass is 9.86. The molecule has 0 unspecified atom stereocenters. The zero-order valence-electron chi connectivity index (χ0n) is 18.0. The minimum absolute atomic E-state index is 0.185. The van der Waals surface area contributed by atoms with Crippen molar-refractivity contribution < 1.29 is 26.3 Å². The van der Waals surface area contributed by atoms with Crippen LogP contribution in [0.5, 0.6) is 5.75 Å². The number of halogens is 3. The second-order valence-electron chi connectivity index (χ2n) is 8.83. The van der Waals surface area contributed by atoms with Crippen molar-refractivity contribution in [2.45, 2.75) is 69.3 Å². The number of para-hydroxylation sites is 1. The summed E-state index contributed by atoms with van der Waals surface area (Å²) in [5.74, 6) is 0.372. The number of nitrogens with zero attached hydrogens (tertiary/aromatic N) is 1. The summed E-state index contributed by atoms with van der Waals surface area (Å²) in [6, 6.07) is 6.23. The fourth-order valence-corrected chi connectivity index (χ4v) is 4.73. The van der Waals surface area contributed by atoms with Crippen molar-refractivity contribution in [2.75, 3.05) is 7.11 Å². The van der Waals surface area contributed by atoms with Crippen molar-refractivity contribution in [2.24, 2.45) is 0 Å². The van der Waals surface area contributed by atoms with E-state index in [0.717, 1.165) is 0 Å². The van der Waals surface area contributed by atoms with Crippen LogP contribution in [0.15, 0.2) is 24.3 Å². The molecule has 3 rings (SSSR count). The Morgan fingerprint density at radius 3 is 2.26 bits per heavy atom. The van der Waals surface area contributed by atoms with E-state index in [-0.39, 0.29) is 29.0 Å². The molecule has 0 amide bonds. The van der Waals surface area contributed by atoms with Gasteiger partial charge in [-0.25, -0.2) is 18.1 Å². The van der Waals surface area contributed by atoms with Crippen LogP contribution in [-0.2, 0) is 16.2 Å². The maximum Gasteiger partial charge on any atom is 0.433 e. The number of nitrogens with one attached hydrogen (secondary N) is 2. The highest BCUT2D eigenvalue weighted by Gasteiger charge is 2.39. The average molecular weight is 460 g/mol. The second kappa shape index (κ2) is 8.46. The van der Waals surface area contributed by atoms with Gasteiger partial charge in [0.05, 0.1) is 11.9 Å². The molecule has 1 aliphatic rings. The smallest absolute Gasteiger partial charge is 0.433 e. The van der Waals surface area contributed by atoms with Gasteiger partial charge < -0.3 is 9.72 Å². The highest BCUT2D eigenvalue weighted by atomic mass is 32.2. The van der Waals surface area contributed by atoms with Crippen molar-refractivity contribution in [3.63, 3.8) is 0 Å². The van der Waals surface area contributed by atoms with Crippen LogP contribution in [0.25, 0.3) is 11.3 Å². The van der Waals surface area contributed by atoms with Crippen LogP contribution in [0.3, 0.4) is 0 Å². The highest BCUT2D eigenvalue weighted by Crippen LogP contribution is 2.41. The van der Waals surface area contributed by atoms with E-state index in [1.165, 1.54) is 7.11 Å². The fraction of sp³-hybridized carbons (Fsp3) is 0.571. The molecule has 0 spiro atoms. The van der Waals surface area contributed by atoms with Crippen molar-refractivity contribution in [3.8, 4) is 17.0 Å². The molecule has 0 atom stereocenters. The summed E-state index contributed by atoms with van der Waals surface area (Å²) in [5.41, 5.74) is -0.815. The monoisotopic (exact) mass is 459 g/mol. The quantitative estimate of drug-likeness (QED) is 0.670. The van der Waals surface area contributed by atoms with E-state index in [2.05, 4.69) is 14.7 Å². The molecule has 6 nitrogen and oxygen atoms in total. The zero-order valence-corrected chi connectivity index (χ0v) is 18.8. The summed E-state index contributed by atoms with van der Waals surface area (Å²) < 4.78 is 73.0. The molecule has 1 aliphatic carbocycles. The van der Waals surface area contributed by atoms with Crippen LogP contribution in [0, 0.1) is 0 Å². The van der Waals surface area contributed by atoms with Crippen LogP contribution in [0.4, 0.5) is 13.2 Å². The van der Waals surface area contributed by atoms with Gasteiger partial charge in [-0.1, -0.05) is 12.1 Å². The summed E-state index contributed by atoms with van der Waals surface area (Å²) in [6.45, 7) is 4.88. The standard InChI is InChI=1S/C21H28F3N3O3S/c1-20(2,3)31(28,29)27-14-11-9-13(10-12-14)19-25-17(18(26-19)21(22,23)24)15-7-5-6-8-16(15)30-4/h5-8,13-14,27H,9-12H2,1-4H3,(H,25,26). The Balaban J connectivity index is 1.83. The first kappa shape index (κ1) is 23.6. The molecule has 1 fully saturated rings. The lowest BCUT2D eigenvalue weighted by Crippen LogP contribution is -2.45. The molecule has 0 saturated heterocycles. The van der Waals surface area contributed by atoms with Crippen molar-refractivity contribution in [1.29, 1.82) is 0 Å². The number of hydrogen-bond acceptors (Lipinski definition) is 4. The van der Waals surface area contributed by atoms with Gasteiger partial charge in [0.1, 0.15) is 23.0 Å². The Kier molecular flexibility index (Phi) is 6.44. The molecule has 0 bridgehead atoms. The Morgan fingerprint density at radius 2 is 1.71 bits per heavy atom. The number of ether oxygens (including phenoxy) is 1. The minimum atomic E-state index is -4.60. The first-order valence-electron chi connectivity index (χ1n) is 10.2. The van der Waals surface area contributed by atoms with Crippen LogP contribution < -0.4 is 9.46 Å². The van der Waals surface area contributed by atoms with Crippen LogP contribution >= 0.6 is 0 Å². The highest BCUT2D eigenvalue weighted by molar-refractivity contribution is 7.90. The molecule has 1 heterocycles. The van der Waals surface area contributed by atoms with E-state index in [9.17, 15) is 21.6 Å². The van der Waals surface area contributed by atoms with E-state index >= 15 is 0 Å². The van der Waals surface area contributed by atoms with E-state index in [1.807, 2.05) is 0 Å². The molecule has 10 heteroatoms. The predicted octanol–water partition coefficient (Wildman–Crippen LogP) is 4.85. The van der Waals surface area contributed by atoms with Crippen LogP contribution in [0.2, 0.25) is 0 Å². The van der Waals surface area contributed by atoms with Gasteiger partial charge in [0.15, 0.2) is 0 Å². The SMILES string of the molecule is COc1ccccc1-c1nc(C2CCC(NS(=O)(=O)C(C)(C)C)CC2)[nH]c1C(F)(F)F. The molecule has 31 heavy (non-hydrogen) atoms. The topological polar surface area (TPSA) is 84.1 Å². The molecular formula is C21H28F3N3O3S. The third kappa shape index (κ3) is 5.06. The molecule has 2 N–H and O–H groups in total. The second-order valence-corrected chi connectivity index (χ2v) is 11.3. The van der Waals surface area contributed by atoms with Gasteiger partial charge in [-0.2, -0.15) is 13.2 Å². The number of hydrogen-bond donors (Lipinski definition) is 2. The summed E-state index contributed by atoms with van der Waals surface area (Å²) in [5, 5.41) is 0. The first-order valence-corrected chi connectivity index (χ1v) is 11.6. The summed E-state index contributed by atoms with van der Waals surface area (Å²) in [6.07, 6.45) is -2.46. The lowest BCUT2D eigenvalue weighted by molar-refractivity contribution is -0.140. The number of aromatic nitrogens is 2. The van der Waals surface area contributed by atoms with Crippen molar-refractivity contribution in [3.05, 3.63) is 35.8 Å². The molecule has 1 aromatic heterocycles. The number of alkyl halides is 3. The van der Waals surface area contributed by atoms with Gasteiger partial charge in [-0.3, -0.25) is 0 Å². The number of aromatic amines is 1. The van der Waals surface area contributed by atoms with Gasteiger partial charge in [0, 0.05) is 17.5 Å². The minimum Gasteiger partial charge on any atom is -0.496 e. The van der Waals surface area contributed by atoms with Crippen molar-refractivity contribution >= 4 is 10.0 Å². The first-order chi connectivity index (χ1) is 14.3. The largest absolute Gasteiger partial charge is 0.496 e. The van der Waals surface area contributed by atoms with Crippen LogP contribution in [0.1, 0.15) is 63.9 Å². The maximum absolute atomic E-state index is 13.7. The molecule has 0 radical (unpaired) electrons. The third-order valence-electron chi connectivity index (χ3n) is 5.61. The van der Waals surface area contributed by atoms with E-state index in [4.69, 9.17) is 4.74 Å². The number of sulfonamides is 1. The number of H-pyrrole nitrogens is 1.